The molecule has 0 fully saturated rings. The van der Waals surface area contributed by atoms with Crippen LogP contribution in [-0.2, 0) is 26.0 Å². The van der Waals surface area contributed by atoms with Gasteiger partial charge in [-0.1, -0.05) is 6.08 Å². The van der Waals surface area contributed by atoms with Gasteiger partial charge in [-0.25, -0.2) is 8.42 Å². The van der Waals surface area contributed by atoms with E-state index in [4.69, 9.17) is 4.74 Å². The number of carbonyl (C=O) groups excluding carboxylic acids is 2. The standard InChI is InChI=1S/C19H29N3O6S/c1-6-7-13-8-14(10-15(9-13)22(3)29(5,26)27)18(24)21-12-16(23)11-17(28-4)19(25)20-2/h6,8-10,16-17,23H,1,7,11-12H2,2-5H3,(H,20,25)(H,21,24)/t16-,17?/m0/s1. The van der Waals surface area contributed by atoms with Crippen molar-refractivity contribution in [2.24, 2.45) is 0 Å². The molecule has 9 nitrogen and oxygen atoms in total. The fraction of sp³-hybridized carbons (Fsp3) is 0.474. The van der Waals surface area contributed by atoms with Crippen molar-refractivity contribution >= 4 is 27.5 Å². The first-order valence-corrected chi connectivity index (χ1v) is 10.8. The molecule has 29 heavy (non-hydrogen) atoms. The summed E-state index contributed by atoms with van der Waals surface area (Å²) >= 11 is 0. The number of anilines is 1. The molecule has 1 rings (SSSR count). The minimum Gasteiger partial charge on any atom is -0.391 e. The highest BCUT2D eigenvalue weighted by atomic mass is 32.2. The number of nitrogens with one attached hydrogen (secondary N) is 2. The van der Waals surface area contributed by atoms with Crippen LogP contribution in [0.5, 0.6) is 0 Å². The Hall–Kier alpha value is -2.43. The first-order chi connectivity index (χ1) is 13.5. The van der Waals surface area contributed by atoms with E-state index in [9.17, 15) is 23.1 Å². The minimum absolute atomic E-state index is 0.00895. The van der Waals surface area contributed by atoms with Gasteiger partial charge in [-0.15, -0.1) is 6.58 Å². The summed E-state index contributed by atoms with van der Waals surface area (Å²) in [5.41, 5.74) is 1.31. The monoisotopic (exact) mass is 427 g/mol. The molecule has 0 heterocycles. The third kappa shape index (κ3) is 7.48. The summed E-state index contributed by atoms with van der Waals surface area (Å²) in [6, 6.07) is 4.75. The van der Waals surface area contributed by atoms with Crippen molar-refractivity contribution < 1.29 is 27.9 Å². The zero-order valence-corrected chi connectivity index (χ0v) is 18.0. The van der Waals surface area contributed by atoms with Gasteiger partial charge in [0.2, 0.25) is 15.9 Å². The van der Waals surface area contributed by atoms with E-state index in [0.29, 0.717) is 12.1 Å². The first kappa shape index (κ1) is 24.6. The fourth-order valence-corrected chi connectivity index (χ4v) is 3.07. The molecule has 10 heteroatoms. The summed E-state index contributed by atoms with van der Waals surface area (Å²) < 4.78 is 29.8. The molecule has 0 aromatic heterocycles. The van der Waals surface area contributed by atoms with Gasteiger partial charge in [0.15, 0.2) is 0 Å². The molecule has 0 aliphatic carbocycles. The molecule has 162 valence electrons. The maximum absolute atomic E-state index is 12.5. The van der Waals surface area contributed by atoms with Crippen molar-refractivity contribution in [2.75, 3.05) is 38.3 Å². The molecule has 0 spiro atoms. The summed E-state index contributed by atoms with van der Waals surface area (Å²) in [6.45, 7) is 3.56. The fourth-order valence-electron chi connectivity index (χ4n) is 2.58. The number of allylic oxidation sites excluding steroid dienone is 1. The number of methoxy groups -OCH3 is 1. The summed E-state index contributed by atoms with van der Waals surface area (Å²) in [5.74, 6) is -0.851. The highest BCUT2D eigenvalue weighted by Crippen LogP contribution is 2.21. The zero-order valence-electron chi connectivity index (χ0n) is 17.1. The lowest BCUT2D eigenvalue weighted by Crippen LogP contribution is -2.39. The van der Waals surface area contributed by atoms with Crippen molar-refractivity contribution in [1.82, 2.24) is 10.6 Å². The normalized spacial score (nSPS) is 13.3. The van der Waals surface area contributed by atoms with Crippen LogP contribution in [0.2, 0.25) is 0 Å². The molecule has 0 bridgehead atoms. The van der Waals surface area contributed by atoms with E-state index in [1.807, 2.05) is 0 Å². The van der Waals surface area contributed by atoms with Gasteiger partial charge in [0.05, 0.1) is 18.0 Å². The topological polar surface area (TPSA) is 125 Å². The smallest absolute Gasteiger partial charge is 0.251 e. The van der Waals surface area contributed by atoms with E-state index in [0.717, 1.165) is 16.1 Å². The molecule has 0 aliphatic rings. The first-order valence-electron chi connectivity index (χ1n) is 8.92. The van der Waals surface area contributed by atoms with Gasteiger partial charge >= 0.3 is 0 Å². The number of benzene rings is 1. The van der Waals surface area contributed by atoms with Gasteiger partial charge in [-0.3, -0.25) is 13.9 Å². The minimum atomic E-state index is -3.50. The number of aliphatic hydroxyl groups is 1. The number of amides is 2. The Kier molecular flexibility index (Phi) is 9.28. The number of rotatable bonds is 11. The number of hydrogen-bond donors (Lipinski definition) is 3. The highest BCUT2D eigenvalue weighted by molar-refractivity contribution is 7.92. The molecule has 0 radical (unpaired) electrons. The molecule has 0 saturated heterocycles. The lowest BCUT2D eigenvalue weighted by atomic mass is 10.1. The number of carbonyl (C=O) groups is 2. The van der Waals surface area contributed by atoms with Crippen LogP contribution in [0.3, 0.4) is 0 Å². The van der Waals surface area contributed by atoms with E-state index in [1.165, 1.54) is 27.3 Å². The van der Waals surface area contributed by atoms with Crippen LogP contribution in [0, 0.1) is 0 Å². The van der Waals surface area contributed by atoms with Crippen molar-refractivity contribution in [1.29, 1.82) is 0 Å². The average Bonchev–Trinajstić information content (AvgIpc) is 2.68. The molecule has 0 aliphatic heterocycles. The van der Waals surface area contributed by atoms with Crippen LogP contribution < -0.4 is 14.9 Å². The van der Waals surface area contributed by atoms with Crippen LogP contribution in [0.25, 0.3) is 0 Å². The zero-order chi connectivity index (χ0) is 22.2. The van der Waals surface area contributed by atoms with E-state index in [1.54, 1.807) is 18.2 Å². The average molecular weight is 428 g/mol. The number of likely N-dealkylation sites (N-methyl/N-ethyl adjacent to an activating group) is 1. The number of sulfonamides is 1. The maximum atomic E-state index is 12.5. The van der Waals surface area contributed by atoms with Crippen molar-refractivity contribution in [2.45, 2.75) is 25.0 Å². The van der Waals surface area contributed by atoms with Crippen LogP contribution in [-0.4, -0.2) is 71.6 Å². The molecule has 1 unspecified atom stereocenters. The second-order valence-corrected chi connectivity index (χ2v) is 8.56. The highest BCUT2D eigenvalue weighted by Gasteiger charge is 2.21. The Morgan fingerprint density at radius 3 is 2.52 bits per heavy atom. The van der Waals surface area contributed by atoms with E-state index >= 15 is 0 Å². The van der Waals surface area contributed by atoms with Crippen LogP contribution in [0.1, 0.15) is 22.3 Å². The lowest BCUT2D eigenvalue weighted by molar-refractivity contribution is -0.132. The molecule has 1 aromatic carbocycles. The Labute approximate surface area is 171 Å². The maximum Gasteiger partial charge on any atom is 0.251 e. The summed E-state index contributed by atoms with van der Waals surface area (Å²) in [7, 11) is 0.721. The Morgan fingerprint density at radius 1 is 1.34 bits per heavy atom. The van der Waals surface area contributed by atoms with Crippen molar-refractivity contribution in [3.8, 4) is 0 Å². The van der Waals surface area contributed by atoms with Crippen molar-refractivity contribution in [3.05, 3.63) is 42.0 Å². The van der Waals surface area contributed by atoms with E-state index < -0.39 is 28.1 Å². The van der Waals surface area contributed by atoms with Gasteiger partial charge in [0.25, 0.3) is 5.91 Å². The van der Waals surface area contributed by atoms with Gasteiger partial charge < -0.3 is 20.5 Å². The lowest BCUT2D eigenvalue weighted by Gasteiger charge is -2.20. The molecular weight excluding hydrogens is 398 g/mol. The van der Waals surface area contributed by atoms with Crippen LogP contribution in [0.4, 0.5) is 5.69 Å². The second kappa shape index (κ2) is 10.9. The molecule has 1 aromatic rings. The largest absolute Gasteiger partial charge is 0.391 e. The second-order valence-electron chi connectivity index (χ2n) is 6.55. The van der Waals surface area contributed by atoms with Crippen LogP contribution in [0.15, 0.2) is 30.9 Å². The predicted octanol–water partition coefficient (Wildman–Crippen LogP) is 0.0527. The predicted molar refractivity (Wildman–Crippen MR) is 111 cm³/mol. The number of hydrogen-bond acceptors (Lipinski definition) is 6. The number of ether oxygens (including phenoxy) is 1. The quantitative estimate of drug-likeness (QED) is 0.429. The van der Waals surface area contributed by atoms with Gasteiger partial charge in [-0.2, -0.15) is 0 Å². The molecular formula is C19H29N3O6S. The number of nitrogens with zero attached hydrogens (tertiary/aromatic N) is 1. The Morgan fingerprint density at radius 2 is 2.00 bits per heavy atom. The third-order valence-corrected chi connectivity index (χ3v) is 5.49. The number of aliphatic hydroxyl groups excluding tert-OH is 1. The van der Waals surface area contributed by atoms with Gasteiger partial charge in [0, 0.05) is 39.7 Å². The van der Waals surface area contributed by atoms with Crippen molar-refractivity contribution in [3.63, 3.8) is 0 Å². The Bertz CT molecular complexity index is 840. The molecule has 0 saturated carbocycles. The third-order valence-electron chi connectivity index (χ3n) is 4.29. The van der Waals surface area contributed by atoms with E-state index in [2.05, 4.69) is 17.2 Å². The van der Waals surface area contributed by atoms with Gasteiger partial charge in [0.1, 0.15) is 6.10 Å². The van der Waals surface area contributed by atoms with Gasteiger partial charge in [-0.05, 0) is 30.2 Å². The van der Waals surface area contributed by atoms with E-state index in [-0.39, 0.29) is 24.4 Å². The molecule has 2 amide bonds. The summed E-state index contributed by atoms with van der Waals surface area (Å²) in [6.07, 6.45) is 1.34. The Balaban J connectivity index is 2.93. The summed E-state index contributed by atoms with van der Waals surface area (Å²) in [4.78, 5) is 24.2. The molecule has 2 atom stereocenters. The summed E-state index contributed by atoms with van der Waals surface area (Å²) in [5, 5.41) is 15.1. The molecule has 3 N–H and O–H groups in total. The SMILES string of the molecule is C=CCc1cc(C(=O)NC[C@@H](O)CC(OC)C(=O)NC)cc(N(C)S(C)(=O)=O)c1. The van der Waals surface area contributed by atoms with Crippen LogP contribution >= 0.6 is 0 Å².